The molecule has 0 aliphatic carbocycles. The van der Waals surface area contributed by atoms with E-state index in [9.17, 15) is 0 Å². The Labute approximate surface area is 90.0 Å². The number of hydrogen-bond donors (Lipinski definition) is 0. The van der Waals surface area contributed by atoms with Crippen LogP contribution in [-0.2, 0) is 21.7 Å². The van der Waals surface area contributed by atoms with Crippen molar-refractivity contribution in [2.45, 2.75) is 41.5 Å². The van der Waals surface area contributed by atoms with Gasteiger partial charge in [0.2, 0.25) is 0 Å². The Hall–Kier alpha value is 0.714. The predicted molar refractivity (Wildman–Crippen MR) is 53.4 cm³/mol. The van der Waals surface area contributed by atoms with Gasteiger partial charge in [0, 0.05) is 0 Å². The molecule has 0 aliphatic heterocycles. The van der Waals surface area contributed by atoms with Gasteiger partial charge in [-0.1, -0.05) is 0 Å². The second-order valence-electron chi connectivity index (χ2n) is 1.73. The third kappa shape index (κ3) is 1590. The van der Waals surface area contributed by atoms with Crippen molar-refractivity contribution in [2.75, 3.05) is 0 Å². The van der Waals surface area contributed by atoms with E-state index in [-0.39, 0.29) is 29.1 Å². The smallest absolute Gasteiger partial charge is 0.358 e. The average Bonchev–Trinajstić information content (AvgIpc) is 1.70. The fraction of sp³-hybridized carbons (Fsp3) is 0.600. The van der Waals surface area contributed by atoms with Gasteiger partial charge in [-0.05, 0) is 0 Å². The van der Waals surface area contributed by atoms with E-state index in [4.69, 9.17) is 0 Å². The third-order valence-electron chi connectivity index (χ3n) is 0. The molecule has 0 aliphatic rings. The van der Waals surface area contributed by atoms with Gasteiger partial charge in [-0.25, -0.2) is 0 Å². The second-order valence-corrected chi connectivity index (χ2v) is 1.73. The first-order valence-electron chi connectivity index (χ1n) is 3.46. The molecule has 0 aromatic rings. The van der Waals surface area contributed by atoms with Crippen LogP contribution in [0.4, 0.5) is 0 Å². The molecule has 0 bridgehead atoms. The summed E-state index contributed by atoms with van der Waals surface area (Å²) in [6, 6.07) is 0. The Morgan fingerprint density at radius 3 is 0.545 bits per heavy atom. The second kappa shape index (κ2) is 73.3. The van der Waals surface area contributed by atoms with Crippen LogP contribution in [0.25, 0.3) is 0 Å². The molecule has 0 saturated heterocycles. The molecule has 0 nitrogen and oxygen atoms in total. The van der Waals surface area contributed by atoms with E-state index in [1.807, 2.05) is 60.8 Å². The number of hydrogen-bond acceptors (Lipinski definition) is 0. The van der Waals surface area contributed by atoms with Crippen LogP contribution in [-0.4, -0.2) is 0 Å². The van der Waals surface area contributed by atoms with Gasteiger partial charge < -0.3 is 26.7 Å². The SMILES string of the molecule is C[CH-]C.C[CH-]C.C[CH-]C.[CH3-].[Ti+4]. The fourth-order valence-corrected chi connectivity index (χ4v) is 0. The molecule has 68 valence electrons. The Morgan fingerprint density at radius 1 is 0.545 bits per heavy atom. The van der Waals surface area contributed by atoms with Crippen molar-refractivity contribution >= 4 is 0 Å². The van der Waals surface area contributed by atoms with Crippen LogP contribution in [0.15, 0.2) is 0 Å². The molecular weight excluding hydrogens is 168 g/mol. The summed E-state index contributed by atoms with van der Waals surface area (Å²) in [6.45, 7) is 12.0. The molecule has 0 rings (SSSR count). The summed E-state index contributed by atoms with van der Waals surface area (Å²) in [6.07, 6.45) is 6.00. The minimum atomic E-state index is 0. The van der Waals surface area contributed by atoms with Crippen LogP contribution in [0, 0.1) is 26.7 Å². The van der Waals surface area contributed by atoms with E-state index in [1.165, 1.54) is 0 Å². The van der Waals surface area contributed by atoms with Gasteiger partial charge in [-0.15, -0.1) is 0 Å². The molecule has 0 saturated carbocycles. The summed E-state index contributed by atoms with van der Waals surface area (Å²) in [7, 11) is 0. The van der Waals surface area contributed by atoms with Gasteiger partial charge in [0.25, 0.3) is 0 Å². The van der Waals surface area contributed by atoms with Crippen LogP contribution in [0.3, 0.4) is 0 Å². The molecule has 0 aromatic carbocycles. The predicted octanol–water partition coefficient (Wildman–Crippen LogP) is 4.14. The summed E-state index contributed by atoms with van der Waals surface area (Å²) in [4.78, 5) is 0. The quantitative estimate of drug-likeness (QED) is 0.399. The van der Waals surface area contributed by atoms with E-state index >= 15 is 0 Å². The van der Waals surface area contributed by atoms with E-state index in [0.29, 0.717) is 0 Å². The van der Waals surface area contributed by atoms with Gasteiger partial charge in [-0.3, -0.25) is 0 Å². The van der Waals surface area contributed by atoms with Gasteiger partial charge >= 0.3 is 21.7 Å². The Morgan fingerprint density at radius 2 is 0.545 bits per heavy atom. The summed E-state index contributed by atoms with van der Waals surface area (Å²) < 4.78 is 0. The van der Waals surface area contributed by atoms with Crippen LogP contribution in [0.1, 0.15) is 41.5 Å². The molecule has 0 aromatic heterocycles. The van der Waals surface area contributed by atoms with Crippen LogP contribution >= 0.6 is 0 Å². The molecular formula is C10H24Ti. The van der Waals surface area contributed by atoms with Crippen molar-refractivity contribution in [3.05, 3.63) is 26.7 Å². The summed E-state index contributed by atoms with van der Waals surface area (Å²) in [5.74, 6) is 0. The van der Waals surface area contributed by atoms with E-state index in [2.05, 4.69) is 0 Å². The molecule has 0 heterocycles. The minimum Gasteiger partial charge on any atom is -0.358 e. The first-order chi connectivity index (χ1) is 4.24. The average molecular weight is 192 g/mol. The Kier molecular flexibility index (Phi) is 199. The normalized spacial score (nSPS) is 4.91. The third-order valence-corrected chi connectivity index (χ3v) is 0. The molecule has 0 N–H and O–H groups in total. The molecule has 1 heteroatoms. The van der Waals surface area contributed by atoms with E-state index in [0.717, 1.165) is 0 Å². The van der Waals surface area contributed by atoms with Crippen LogP contribution in [0.2, 0.25) is 0 Å². The zero-order valence-electron chi connectivity index (χ0n) is 9.23. The molecule has 0 fully saturated rings. The Balaban J connectivity index is -0.0000000150. The summed E-state index contributed by atoms with van der Waals surface area (Å²) in [5, 5.41) is 0. The van der Waals surface area contributed by atoms with E-state index in [1.54, 1.807) is 0 Å². The molecule has 0 unspecified atom stereocenters. The fourth-order valence-electron chi connectivity index (χ4n) is 0. The monoisotopic (exact) mass is 192 g/mol. The van der Waals surface area contributed by atoms with Crippen molar-refractivity contribution in [1.29, 1.82) is 0 Å². The largest absolute Gasteiger partial charge is 4.00 e. The zero-order valence-corrected chi connectivity index (χ0v) is 10.8. The maximum Gasteiger partial charge on any atom is 4.00 e. The molecule has 11 heavy (non-hydrogen) atoms. The van der Waals surface area contributed by atoms with Crippen molar-refractivity contribution in [1.82, 2.24) is 0 Å². The topological polar surface area (TPSA) is 0 Å². The van der Waals surface area contributed by atoms with Gasteiger partial charge in [-0.2, -0.15) is 41.5 Å². The molecule has 0 spiro atoms. The zero-order chi connectivity index (χ0) is 8.12. The van der Waals surface area contributed by atoms with Crippen molar-refractivity contribution in [2.24, 2.45) is 0 Å². The minimum absolute atomic E-state index is 0. The molecule has 0 atom stereocenters. The van der Waals surface area contributed by atoms with E-state index < -0.39 is 0 Å². The Bertz CT molecular complexity index is 9.59. The summed E-state index contributed by atoms with van der Waals surface area (Å²) >= 11 is 0. The van der Waals surface area contributed by atoms with Crippen LogP contribution in [0.5, 0.6) is 0 Å². The van der Waals surface area contributed by atoms with Crippen LogP contribution < -0.4 is 0 Å². The van der Waals surface area contributed by atoms with Crippen molar-refractivity contribution in [3.63, 3.8) is 0 Å². The van der Waals surface area contributed by atoms with Gasteiger partial charge in [0.15, 0.2) is 0 Å². The summed E-state index contributed by atoms with van der Waals surface area (Å²) in [5.41, 5.74) is 0. The maximum atomic E-state index is 2.00. The number of rotatable bonds is 0. The standard InChI is InChI=1S/3C3H7.CH3.Ti/c3*1-3-2;;/h3*3H,1-2H3;1H3;/q4*-1;+4. The van der Waals surface area contributed by atoms with Crippen molar-refractivity contribution < 1.29 is 21.7 Å². The van der Waals surface area contributed by atoms with Crippen molar-refractivity contribution in [3.8, 4) is 0 Å². The first kappa shape index (κ1) is 29.8. The molecule has 0 radical (unpaired) electrons. The first-order valence-corrected chi connectivity index (χ1v) is 3.46. The molecule has 0 amide bonds. The van der Waals surface area contributed by atoms with Gasteiger partial charge in [0.1, 0.15) is 0 Å². The van der Waals surface area contributed by atoms with Gasteiger partial charge in [0.05, 0.1) is 0 Å². The maximum absolute atomic E-state index is 2.00.